The zero-order chi connectivity index (χ0) is 22.6. The van der Waals surface area contributed by atoms with E-state index in [4.69, 9.17) is 9.47 Å². The van der Waals surface area contributed by atoms with Crippen LogP contribution in [0.3, 0.4) is 0 Å². The van der Waals surface area contributed by atoms with Crippen molar-refractivity contribution in [3.8, 4) is 23.3 Å². The molecule has 0 fully saturated rings. The van der Waals surface area contributed by atoms with Crippen LogP contribution in [0.1, 0.15) is 0 Å². The fourth-order valence-corrected chi connectivity index (χ4v) is 4.51. The van der Waals surface area contributed by atoms with Gasteiger partial charge in [-0.15, -0.1) is 5.54 Å². The highest BCUT2D eigenvalue weighted by molar-refractivity contribution is 7.89. The van der Waals surface area contributed by atoms with Crippen molar-refractivity contribution in [2.45, 2.75) is 30.1 Å². The Morgan fingerprint density at radius 2 is 1.67 bits per heavy atom. The van der Waals surface area contributed by atoms with E-state index in [1.807, 2.05) is 0 Å². The summed E-state index contributed by atoms with van der Waals surface area (Å²) in [5.74, 6) is 7.00. The van der Waals surface area contributed by atoms with Gasteiger partial charge in [-0.3, -0.25) is 4.79 Å². The second-order valence-corrected chi connectivity index (χ2v) is 14.2. The molecule has 30 heavy (non-hydrogen) atoms. The van der Waals surface area contributed by atoms with Crippen molar-refractivity contribution >= 4 is 23.9 Å². The Morgan fingerprint density at radius 3 is 2.20 bits per heavy atom. The highest BCUT2D eigenvalue weighted by Gasteiger charge is 2.55. The Hall–Kier alpha value is -2.56. The smallest absolute Gasteiger partial charge is 0.254 e. The van der Waals surface area contributed by atoms with Crippen LogP contribution in [-0.4, -0.2) is 64.6 Å². The van der Waals surface area contributed by atoms with E-state index in [0.29, 0.717) is 0 Å². The first kappa shape index (κ1) is 23.7. The van der Waals surface area contributed by atoms with E-state index < -0.39 is 29.5 Å². The average Bonchev–Trinajstić information content (AvgIpc) is 2.69. The number of hydrogen-bond donors (Lipinski definition) is 1. The van der Waals surface area contributed by atoms with Crippen molar-refractivity contribution in [3.05, 3.63) is 41.9 Å². The Bertz CT molecular complexity index is 1070. The van der Waals surface area contributed by atoms with Crippen LogP contribution >= 0.6 is 0 Å². The van der Waals surface area contributed by atoms with Gasteiger partial charge in [0.05, 0.1) is 32.2 Å². The molecule has 1 aromatic rings. The number of aliphatic hydroxyl groups is 1. The largest absolute Gasteiger partial charge is 0.493 e. The highest BCUT2D eigenvalue weighted by atomic mass is 32.2. The summed E-state index contributed by atoms with van der Waals surface area (Å²) < 4.78 is 37.1. The minimum atomic E-state index is -3.86. The SMILES string of the molecule is COC1=C(OC)C(O)(C#CCN(CC#C[Si](C)(C)C)S(=O)(=O)c2ccccc2)C1=O. The third-order valence-corrected chi connectivity index (χ3v) is 6.84. The summed E-state index contributed by atoms with van der Waals surface area (Å²) in [5.41, 5.74) is 0.982. The van der Waals surface area contributed by atoms with Crippen molar-refractivity contribution in [1.29, 1.82) is 0 Å². The number of benzene rings is 1. The van der Waals surface area contributed by atoms with Gasteiger partial charge < -0.3 is 14.6 Å². The Labute approximate surface area is 178 Å². The van der Waals surface area contributed by atoms with E-state index in [-0.39, 0.29) is 29.5 Å². The molecule has 0 saturated heterocycles. The first-order chi connectivity index (χ1) is 14.0. The van der Waals surface area contributed by atoms with Crippen molar-refractivity contribution in [2.24, 2.45) is 0 Å². The fraction of sp³-hybridized carbons (Fsp3) is 0.381. The van der Waals surface area contributed by atoms with E-state index in [2.05, 4.69) is 42.9 Å². The molecule has 1 aliphatic rings. The fourth-order valence-electron chi connectivity index (χ4n) is 2.63. The van der Waals surface area contributed by atoms with Crippen LogP contribution in [0.4, 0.5) is 0 Å². The van der Waals surface area contributed by atoms with Crippen LogP contribution in [0.25, 0.3) is 0 Å². The molecule has 0 spiro atoms. The molecule has 1 aromatic carbocycles. The number of hydrogen-bond acceptors (Lipinski definition) is 6. The van der Waals surface area contributed by atoms with Gasteiger partial charge in [0.15, 0.2) is 5.76 Å². The van der Waals surface area contributed by atoms with Crippen LogP contribution in [0.15, 0.2) is 46.7 Å². The lowest BCUT2D eigenvalue weighted by atomic mass is 9.83. The molecular formula is C21H25NO6SSi. The lowest BCUT2D eigenvalue weighted by molar-refractivity contribution is -0.138. The van der Waals surface area contributed by atoms with Gasteiger partial charge in [-0.1, -0.05) is 49.7 Å². The van der Waals surface area contributed by atoms with Gasteiger partial charge >= 0.3 is 0 Å². The van der Waals surface area contributed by atoms with Crippen molar-refractivity contribution < 1.29 is 27.8 Å². The number of rotatable bonds is 6. The predicted octanol–water partition coefficient (Wildman–Crippen LogP) is 1.38. The number of ether oxygens (including phenoxy) is 2. The molecule has 0 aliphatic heterocycles. The standard InChI is InChI=1S/C21H25NO6SSi/c1-27-18-19(23)21(24,20(18)28-2)13-9-14-22(15-10-16-30(3,4)5)29(25,26)17-11-7-6-8-12-17/h6-8,11-12,24H,14-15H2,1-5H3. The van der Waals surface area contributed by atoms with E-state index in [0.717, 1.165) is 4.31 Å². The lowest BCUT2D eigenvalue weighted by Gasteiger charge is -2.32. The summed E-state index contributed by atoms with van der Waals surface area (Å²) in [6.07, 6.45) is 0. The quantitative estimate of drug-likeness (QED) is 0.523. The summed E-state index contributed by atoms with van der Waals surface area (Å²) in [7, 11) is -2.99. The van der Waals surface area contributed by atoms with E-state index >= 15 is 0 Å². The third kappa shape index (κ3) is 4.94. The van der Waals surface area contributed by atoms with Gasteiger partial charge in [0.1, 0.15) is 8.07 Å². The Morgan fingerprint density at radius 1 is 1.07 bits per heavy atom. The molecule has 1 atom stereocenters. The van der Waals surface area contributed by atoms with E-state index in [1.54, 1.807) is 18.2 Å². The summed E-state index contributed by atoms with van der Waals surface area (Å²) in [4.78, 5) is 12.2. The molecule has 0 heterocycles. The van der Waals surface area contributed by atoms with Gasteiger partial charge in [0.2, 0.25) is 15.8 Å². The average molecular weight is 448 g/mol. The molecule has 0 radical (unpaired) electrons. The number of carbonyl (C=O) groups is 1. The van der Waals surface area contributed by atoms with Crippen LogP contribution < -0.4 is 0 Å². The summed E-state index contributed by atoms with van der Waals surface area (Å²) in [5, 5.41) is 10.5. The number of methoxy groups -OCH3 is 2. The number of ketones is 1. The van der Waals surface area contributed by atoms with Gasteiger partial charge in [-0.25, -0.2) is 8.42 Å². The molecular weight excluding hydrogens is 422 g/mol. The van der Waals surface area contributed by atoms with Crippen molar-refractivity contribution in [2.75, 3.05) is 27.3 Å². The monoisotopic (exact) mass is 447 g/mol. The molecule has 9 heteroatoms. The van der Waals surface area contributed by atoms with Crippen LogP contribution in [-0.2, 0) is 24.3 Å². The lowest BCUT2D eigenvalue weighted by Crippen LogP contribution is -2.51. The zero-order valence-electron chi connectivity index (χ0n) is 17.6. The predicted molar refractivity (Wildman–Crippen MR) is 115 cm³/mol. The highest BCUT2D eigenvalue weighted by Crippen LogP contribution is 2.35. The van der Waals surface area contributed by atoms with Crippen LogP contribution in [0.2, 0.25) is 19.6 Å². The molecule has 160 valence electrons. The van der Waals surface area contributed by atoms with Gasteiger partial charge in [0, 0.05) is 0 Å². The number of sulfonamides is 1. The topological polar surface area (TPSA) is 93.1 Å². The second kappa shape index (κ2) is 9.07. The van der Waals surface area contributed by atoms with Crippen molar-refractivity contribution in [1.82, 2.24) is 4.31 Å². The van der Waals surface area contributed by atoms with Crippen LogP contribution in [0.5, 0.6) is 0 Å². The molecule has 0 amide bonds. The number of Topliss-reactive ketones (excluding diaryl/α,β-unsaturated/α-hetero) is 1. The summed E-state index contributed by atoms with van der Waals surface area (Å²) in [6, 6.07) is 7.95. The van der Waals surface area contributed by atoms with Gasteiger partial charge in [0.25, 0.3) is 11.4 Å². The summed E-state index contributed by atoms with van der Waals surface area (Å²) >= 11 is 0. The normalized spacial score (nSPS) is 18.7. The maximum absolute atomic E-state index is 13.0. The molecule has 1 N–H and O–H groups in total. The first-order valence-corrected chi connectivity index (χ1v) is 14.1. The van der Waals surface area contributed by atoms with Gasteiger partial charge in [-0.2, -0.15) is 4.31 Å². The number of nitrogens with zero attached hydrogens (tertiary/aromatic N) is 1. The molecule has 1 unspecified atom stereocenters. The van der Waals surface area contributed by atoms with Crippen molar-refractivity contribution in [3.63, 3.8) is 0 Å². The molecule has 2 rings (SSSR count). The minimum absolute atomic E-state index is 0.0567. The minimum Gasteiger partial charge on any atom is -0.493 e. The maximum atomic E-state index is 13.0. The zero-order valence-corrected chi connectivity index (χ0v) is 19.5. The Balaban J connectivity index is 2.34. The molecule has 0 aromatic heterocycles. The maximum Gasteiger partial charge on any atom is 0.254 e. The third-order valence-electron chi connectivity index (χ3n) is 4.10. The second-order valence-electron chi connectivity index (χ2n) is 7.55. The van der Waals surface area contributed by atoms with Crippen LogP contribution in [0, 0.1) is 23.3 Å². The van der Waals surface area contributed by atoms with Gasteiger partial charge in [-0.05, 0) is 18.1 Å². The molecule has 0 bridgehead atoms. The number of carbonyl (C=O) groups excluding carboxylic acids is 1. The molecule has 0 saturated carbocycles. The first-order valence-electron chi connectivity index (χ1n) is 9.12. The summed E-state index contributed by atoms with van der Waals surface area (Å²) in [6.45, 7) is 5.85. The van der Waals surface area contributed by atoms with E-state index in [9.17, 15) is 18.3 Å². The Kier molecular flexibility index (Phi) is 7.17. The molecule has 1 aliphatic carbocycles. The molecule has 7 nitrogen and oxygen atoms in total. The van der Waals surface area contributed by atoms with E-state index in [1.165, 1.54) is 26.4 Å².